The van der Waals surface area contributed by atoms with Gasteiger partial charge in [0.15, 0.2) is 0 Å². The highest BCUT2D eigenvalue weighted by Gasteiger charge is 2.09. The van der Waals surface area contributed by atoms with Gasteiger partial charge in [0.1, 0.15) is 12.4 Å². The summed E-state index contributed by atoms with van der Waals surface area (Å²) in [6.45, 7) is 2.08. The van der Waals surface area contributed by atoms with Crippen LogP contribution < -0.4 is 10.1 Å². The third kappa shape index (κ3) is 6.12. The summed E-state index contributed by atoms with van der Waals surface area (Å²) >= 11 is 0. The molecule has 0 unspecified atom stereocenters. The average Bonchev–Trinajstić information content (AvgIpc) is 2.53. The summed E-state index contributed by atoms with van der Waals surface area (Å²) in [5.74, 6) is 0.713. The molecule has 1 N–H and O–H groups in total. The smallest absolute Gasteiger partial charge is 0.251 e. The monoisotopic (exact) mass is 313 g/mol. The van der Waals surface area contributed by atoms with Crippen molar-refractivity contribution >= 4 is 5.91 Å². The second kappa shape index (κ2) is 7.79. The Balaban J connectivity index is 1.83. The number of carbonyl (C=O) groups excluding carboxylic acids is 1. The van der Waals surface area contributed by atoms with Gasteiger partial charge in [-0.25, -0.2) is 0 Å². The first kappa shape index (κ1) is 17.0. The molecule has 0 bridgehead atoms. The molecule has 2 rings (SSSR count). The normalized spacial score (nSPS) is 11.1. The van der Waals surface area contributed by atoms with Gasteiger partial charge in [-0.05, 0) is 29.8 Å². The average molecular weight is 313 g/mol. The zero-order chi connectivity index (χ0) is 16.7. The van der Waals surface area contributed by atoms with Crippen LogP contribution in [0.2, 0.25) is 0 Å². The molecule has 4 nitrogen and oxygen atoms in total. The van der Waals surface area contributed by atoms with E-state index in [-0.39, 0.29) is 5.91 Å². The molecule has 0 atom stereocenters. The van der Waals surface area contributed by atoms with Crippen molar-refractivity contribution in [1.82, 2.24) is 5.32 Å². The number of rotatable bonds is 7. The first-order chi connectivity index (χ1) is 10.9. The first-order valence-corrected chi connectivity index (χ1v) is 7.79. The topological polar surface area (TPSA) is 38.3 Å². The van der Waals surface area contributed by atoms with Crippen molar-refractivity contribution in [2.75, 3.05) is 34.2 Å². The molecule has 0 heterocycles. The summed E-state index contributed by atoms with van der Waals surface area (Å²) < 4.78 is 6.54. The number of carbonyl (C=O) groups is 1. The lowest BCUT2D eigenvalue weighted by atomic mass is 10.2. The van der Waals surface area contributed by atoms with Crippen molar-refractivity contribution in [3.63, 3.8) is 0 Å². The van der Waals surface area contributed by atoms with Crippen molar-refractivity contribution in [3.05, 3.63) is 65.7 Å². The predicted octanol–water partition coefficient (Wildman–Crippen LogP) is 2.70. The molecule has 122 valence electrons. The molecule has 0 aliphatic heterocycles. The minimum absolute atomic E-state index is 0.0481. The van der Waals surface area contributed by atoms with Crippen LogP contribution >= 0.6 is 0 Å². The van der Waals surface area contributed by atoms with Crippen molar-refractivity contribution < 1.29 is 14.0 Å². The zero-order valence-electron chi connectivity index (χ0n) is 14.1. The van der Waals surface area contributed by atoms with E-state index in [9.17, 15) is 4.79 Å². The Morgan fingerprint density at radius 3 is 2.26 bits per heavy atom. The molecule has 1 amide bonds. The van der Waals surface area contributed by atoms with Crippen LogP contribution in [0.25, 0.3) is 0 Å². The van der Waals surface area contributed by atoms with E-state index >= 15 is 0 Å². The zero-order valence-corrected chi connectivity index (χ0v) is 14.1. The Morgan fingerprint density at radius 2 is 1.65 bits per heavy atom. The van der Waals surface area contributed by atoms with E-state index in [1.807, 2.05) is 42.5 Å². The summed E-state index contributed by atoms with van der Waals surface area (Å²) in [6, 6.07) is 17.3. The van der Waals surface area contributed by atoms with Gasteiger partial charge in [-0.3, -0.25) is 4.79 Å². The van der Waals surface area contributed by atoms with E-state index in [4.69, 9.17) is 4.74 Å². The second-order valence-corrected chi connectivity index (χ2v) is 6.57. The molecule has 0 spiro atoms. The maximum absolute atomic E-state index is 12.1. The molecular weight excluding hydrogens is 288 g/mol. The molecule has 0 saturated carbocycles. The van der Waals surface area contributed by atoms with E-state index in [1.165, 1.54) is 0 Å². The van der Waals surface area contributed by atoms with Gasteiger partial charge in [0.25, 0.3) is 5.91 Å². The molecule has 2 aromatic rings. The van der Waals surface area contributed by atoms with Crippen LogP contribution in [0.3, 0.4) is 0 Å². The number of hydrogen-bond acceptors (Lipinski definition) is 2. The highest BCUT2D eigenvalue weighted by molar-refractivity contribution is 5.94. The third-order valence-corrected chi connectivity index (χ3v) is 3.43. The molecule has 2 aromatic carbocycles. The summed E-state index contributed by atoms with van der Waals surface area (Å²) in [4.78, 5) is 12.1. The molecule has 0 fully saturated rings. The maximum atomic E-state index is 12.1. The van der Waals surface area contributed by atoms with Crippen LogP contribution in [0.15, 0.2) is 54.6 Å². The summed E-state index contributed by atoms with van der Waals surface area (Å²) in [5.41, 5.74) is 1.77. The molecular formula is C19H25N2O2+. The lowest BCUT2D eigenvalue weighted by molar-refractivity contribution is -0.869. The number of nitrogens with zero attached hydrogens (tertiary/aromatic N) is 1. The minimum atomic E-state index is -0.0481. The predicted molar refractivity (Wildman–Crippen MR) is 92.4 cm³/mol. The Bertz CT molecular complexity index is 616. The molecule has 0 aliphatic rings. The number of hydrogen-bond donors (Lipinski definition) is 1. The summed E-state index contributed by atoms with van der Waals surface area (Å²) in [5, 5.41) is 2.94. The standard InChI is InChI=1S/C19H24N2O2/c1-21(2,3)14-13-20-19(22)17-9-11-18(12-10-17)23-15-16-7-5-4-6-8-16/h4-12H,13-15H2,1-3H3/p+1. The molecule has 0 saturated heterocycles. The first-order valence-electron chi connectivity index (χ1n) is 7.79. The summed E-state index contributed by atoms with van der Waals surface area (Å²) in [7, 11) is 6.31. The van der Waals surface area contributed by atoms with Crippen LogP contribution in [-0.2, 0) is 6.61 Å². The van der Waals surface area contributed by atoms with E-state index < -0.39 is 0 Å². The van der Waals surface area contributed by atoms with Crippen LogP contribution in [0.5, 0.6) is 5.75 Å². The van der Waals surface area contributed by atoms with Gasteiger partial charge in [-0.1, -0.05) is 30.3 Å². The quantitative estimate of drug-likeness (QED) is 0.798. The fourth-order valence-electron chi connectivity index (χ4n) is 2.05. The van der Waals surface area contributed by atoms with Gasteiger partial charge < -0.3 is 14.5 Å². The lowest BCUT2D eigenvalue weighted by Gasteiger charge is -2.23. The summed E-state index contributed by atoms with van der Waals surface area (Å²) in [6.07, 6.45) is 0. The second-order valence-electron chi connectivity index (χ2n) is 6.57. The number of quaternary nitrogens is 1. The molecule has 0 aromatic heterocycles. The molecule has 23 heavy (non-hydrogen) atoms. The van der Waals surface area contributed by atoms with Gasteiger partial charge in [-0.15, -0.1) is 0 Å². The molecule has 0 radical (unpaired) electrons. The third-order valence-electron chi connectivity index (χ3n) is 3.43. The Labute approximate surface area is 138 Å². The Morgan fingerprint density at radius 1 is 1.00 bits per heavy atom. The van der Waals surface area contributed by atoms with Gasteiger partial charge in [0.05, 0.1) is 34.2 Å². The van der Waals surface area contributed by atoms with Crippen LogP contribution in [-0.4, -0.2) is 44.6 Å². The number of nitrogens with one attached hydrogen (secondary N) is 1. The van der Waals surface area contributed by atoms with Crippen molar-refractivity contribution in [1.29, 1.82) is 0 Å². The highest BCUT2D eigenvalue weighted by atomic mass is 16.5. The van der Waals surface area contributed by atoms with Crippen molar-refractivity contribution in [3.8, 4) is 5.75 Å². The van der Waals surface area contributed by atoms with Crippen LogP contribution in [0.1, 0.15) is 15.9 Å². The molecule has 4 heteroatoms. The van der Waals surface area contributed by atoms with Crippen LogP contribution in [0, 0.1) is 0 Å². The largest absolute Gasteiger partial charge is 0.489 e. The van der Waals surface area contributed by atoms with E-state index in [0.717, 1.165) is 22.3 Å². The van der Waals surface area contributed by atoms with Crippen molar-refractivity contribution in [2.45, 2.75) is 6.61 Å². The van der Waals surface area contributed by atoms with Crippen molar-refractivity contribution in [2.24, 2.45) is 0 Å². The number of benzene rings is 2. The van der Waals surface area contributed by atoms with Gasteiger partial charge >= 0.3 is 0 Å². The Kier molecular flexibility index (Phi) is 5.77. The molecule has 0 aliphatic carbocycles. The van der Waals surface area contributed by atoms with Crippen LogP contribution in [0.4, 0.5) is 0 Å². The number of likely N-dealkylation sites (N-methyl/N-ethyl adjacent to an activating group) is 1. The van der Waals surface area contributed by atoms with E-state index in [2.05, 4.69) is 26.5 Å². The fourth-order valence-corrected chi connectivity index (χ4v) is 2.05. The minimum Gasteiger partial charge on any atom is -0.489 e. The fraction of sp³-hybridized carbons (Fsp3) is 0.316. The number of amides is 1. The van der Waals surface area contributed by atoms with Gasteiger partial charge in [0.2, 0.25) is 0 Å². The van der Waals surface area contributed by atoms with Gasteiger partial charge in [0, 0.05) is 5.56 Å². The lowest BCUT2D eigenvalue weighted by Crippen LogP contribution is -2.41. The Hall–Kier alpha value is -2.33. The van der Waals surface area contributed by atoms with E-state index in [0.29, 0.717) is 18.7 Å². The van der Waals surface area contributed by atoms with Gasteiger partial charge in [-0.2, -0.15) is 0 Å². The number of ether oxygens (including phenoxy) is 1. The maximum Gasteiger partial charge on any atom is 0.251 e. The SMILES string of the molecule is C[N+](C)(C)CCNC(=O)c1ccc(OCc2ccccc2)cc1. The van der Waals surface area contributed by atoms with E-state index in [1.54, 1.807) is 12.1 Å². The highest BCUT2D eigenvalue weighted by Crippen LogP contribution is 2.14.